The highest BCUT2D eigenvalue weighted by Gasteiger charge is 2.45. The van der Waals surface area contributed by atoms with Gasteiger partial charge in [-0.05, 0) is 49.4 Å². The SMILES string of the molecule is CCOc1nc2cccc(C[P+](c3ccccc3)(c3ccccc3)c3ccccc3)c2c(=O)o1.[Br-]. The van der Waals surface area contributed by atoms with Gasteiger partial charge < -0.3 is 26.1 Å². The minimum Gasteiger partial charge on any atom is -1.00 e. The van der Waals surface area contributed by atoms with Crippen LogP contribution in [-0.2, 0) is 6.16 Å². The molecule has 0 spiro atoms. The van der Waals surface area contributed by atoms with Crippen molar-refractivity contribution in [2.24, 2.45) is 0 Å². The van der Waals surface area contributed by atoms with Gasteiger partial charge in [0.2, 0.25) is 0 Å². The average molecular weight is 546 g/mol. The lowest BCUT2D eigenvalue weighted by Crippen LogP contribution is -3.00. The Hall–Kier alpha value is -3.27. The molecule has 0 fully saturated rings. The lowest BCUT2D eigenvalue weighted by molar-refractivity contribution is -0.00000873. The van der Waals surface area contributed by atoms with Crippen molar-refractivity contribution < 1.29 is 26.1 Å². The molecule has 0 aliphatic heterocycles. The highest BCUT2D eigenvalue weighted by Crippen LogP contribution is 2.58. The molecule has 176 valence electrons. The van der Waals surface area contributed by atoms with Gasteiger partial charge in [0.05, 0.1) is 23.7 Å². The number of hydrogen-bond acceptors (Lipinski definition) is 4. The fourth-order valence-corrected chi connectivity index (χ4v) is 8.77. The molecule has 0 amide bonds. The summed E-state index contributed by atoms with van der Waals surface area (Å²) >= 11 is 0. The zero-order chi connectivity index (χ0) is 23.4. The van der Waals surface area contributed by atoms with E-state index < -0.39 is 12.9 Å². The fraction of sp³-hybridized carbons (Fsp3) is 0.103. The molecule has 6 heteroatoms. The molecule has 0 saturated heterocycles. The third-order valence-corrected chi connectivity index (χ3v) is 10.3. The molecular weight excluding hydrogens is 521 g/mol. The minimum absolute atomic E-state index is 0. The Balaban J connectivity index is 0.00000289. The molecule has 5 aromatic rings. The van der Waals surface area contributed by atoms with Crippen molar-refractivity contribution in [3.8, 4) is 6.08 Å². The van der Waals surface area contributed by atoms with Crippen molar-refractivity contribution in [3.05, 3.63) is 125 Å². The van der Waals surface area contributed by atoms with Crippen LogP contribution in [0.3, 0.4) is 0 Å². The number of hydrogen-bond donors (Lipinski definition) is 0. The van der Waals surface area contributed by atoms with E-state index in [9.17, 15) is 4.79 Å². The summed E-state index contributed by atoms with van der Waals surface area (Å²) in [5, 5.41) is 4.28. The molecule has 0 atom stereocenters. The van der Waals surface area contributed by atoms with Crippen LogP contribution >= 0.6 is 7.26 Å². The highest BCUT2D eigenvalue weighted by molar-refractivity contribution is 7.95. The summed E-state index contributed by atoms with van der Waals surface area (Å²) in [6.45, 7) is 2.21. The van der Waals surface area contributed by atoms with Gasteiger partial charge in [0.15, 0.2) is 0 Å². The van der Waals surface area contributed by atoms with E-state index in [2.05, 4.69) is 77.8 Å². The number of nitrogens with zero attached hydrogens (tertiary/aromatic N) is 1. The van der Waals surface area contributed by atoms with Crippen LogP contribution in [0.15, 0.2) is 118 Å². The predicted octanol–water partition coefficient (Wildman–Crippen LogP) is 2.08. The van der Waals surface area contributed by atoms with Crippen LogP contribution in [0.4, 0.5) is 0 Å². The molecule has 0 bridgehead atoms. The van der Waals surface area contributed by atoms with E-state index in [1.165, 1.54) is 15.9 Å². The number of fused-ring (bicyclic) bond motifs is 1. The second kappa shape index (κ2) is 11.0. The van der Waals surface area contributed by atoms with Crippen LogP contribution < -0.4 is 43.3 Å². The number of ether oxygens (including phenoxy) is 1. The van der Waals surface area contributed by atoms with E-state index in [0.717, 1.165) is 5.56 Å². The first-order valence-electron chi connectivity index (χ1n) is 11.3. The molecule has 5 rings (SSSR count). The Morgan fingerprint density at radius 2 is 1.26 bits per heavy atom. The Morgan fingerprint density at radius 3 is 1.74 bits per heavy atom. The molecule has 0 aliphatic rings. The molecule has 35 heavy (non-hydrogen) atoms. The maximum Gasteiger partial charge on any atom is 0.397 e. The summed E-state index contributed by atoms with van der Waals surface area (Å²) < 4.78 is 10.8. The molecule has 4 nitrogen and oxygen atoms in total. The first-order valence-corrected chi connectivity index (χ1v) is 13.3. The van der Waals surface area contributed by atoms with Gasteiger partial charge in [-0.25, -0.2) is 4.79 Å². The Bertz CT molecular complexity index is 1360. The second-order valence-corrected chi connectivity index (χ2v) is 11.5. The Kier molecular flexibility index (Phi) is 7.80. The molecule has 1 heterocycles. The van der Waals surface area contributed by atoms with Crippen molar-refractivity contribution in [2.45, 2.75) is 13.1 Å². The molecule has 4 aromatic carbocycles. The smallest absolute Gasteiger partial charge is 0.397 e. The average Bonchev–Trinajstić information content (AvgIpc) is 2.89. The first-order chi connectivity index (χ1) is 16.7. The van der Waals surface area contributed by atoms with Crippen molar-refractivity contribution in [2.75, 3.05) is 6.61 Å². The van der Waals surface area contributed by atoms with Gasteiger partial charge >= 0.3 is 11.7 Å². The summed E-state index contributed by atoms with van der Waals surface area (Å²) in [6, 6.07) is 37.7. The molecular formula is C29H25BrNO3P. The third-order valence-electron chi connectivity index (χ3n) is 5.99. The van der Waals surface area contributed by atoms with Gasteiger partial charge in [0.1, 0.15) is 23.2 Å². The number of rotatable bonds is 7. The van der Waals surface area contributed by atoms with Crippen molar-refractivity contribution in [1.29, 1.82) is 0 Å². The summed E-state index contributed by atoms with van der Waals surface area (Å²) in [4.78, 5) is 17.6. The van der Waals surface area contributed by atoms with Gasteiger partial charge in [0, 0.05) is 5.56 Å². The molecule has 0 unspecified atom stereocenters. The second-order valence-electron chi connectivity index (χ2n) is 7.99. The summed E-state index contributed by atoms with van der Waals surface area (Å²) in [5.41, 5.74) is 1.09. The van der Waals surface area contributed by atoms with Gasteiger partial charge in [-0.3, -0.25) is 0 Å². The number of halogens is 1. The zero-order valence-corrected chi connectivity index (χ0v) is 21.8. The van der Waals surface area contributed by atoms with Crippen LogP contribution in [0.25, 0.3) is 10.9 Å². The number of aromatic nitrogens is 1. The van der Waals surface area contributed by atoms with Crippen molar-refractivity contribution in [1.82, 2.24) is 4.98 Å². The van der Waals surface area contributed by atoms with Crippen LogP contribution in [0.5, 0.6) is 6.08 Å². The first kappa shape index (κ1) is 24.8. The summed E-state index contributed by atoms with van der Waals surface area (Å²) in [7, 11) is -2.16. The van der Waals surface area contributed by atoms with Gasteiger partial charge in [-0.1, -0.05) is 66.7 Å². The third kappa shape index (κ3) is 4.80. The maximum atomic E-state index is 13.1. The van der Waals surface area contributed by atoms with E-state index in [0.29, 0.717) is 23.7 Å². The maximum absolute atomic E-state index is 13.1. The van der Waals surface area contributed by atoms with Gasteiger partial charge in [-0.15, -0.1) is 0 Å². The topological polar surface area (TPSA) is 52.3 Å². The standard InChI is InChI=1S/C29H25NO3P.BrH/c1-2-32-29-30-26-20-12-13-22(27(26)28(31)33-29)21-34(23-14-6-3-7-15-23,24-16-8-4-9-17-24)25-18-10-5-11-19-25;/h3-20H,2,21H2,1H3;1H/q+1;/p-1. The van der Waals surface area contributed by atoms with Gasteiger partial charge in [-0.2, -0.15) is 4.98 Å². The van der Waals surface area contributed by atoms with Crippen LogP contribution in [0.1, 0.15) is 12.5 Å². The molecule has 0 radical (unpaired) electrons. The van der Waals surface area contributed by atoms with E-state index in [1.54, 1.807) is 0 Å². The molecule has 0 saturated carbocycles. The van der Waals surface area contributed by atoms with Gasteiger partial charge in [0.25, 0.3) is 0 Å². The zero-order valence-electron chi connectivity index (χ0n) is 19.3. The quantitative estimate of drug-likeness (QED) is 0.294. The largest absolute Gasteiger partial charge is 1.00 e. The normalized spacial score (nSPS) is 11.1. The lowest BCUT2D eigenvalue weighted by atomic mass is 10.1. The fourth-order valence-electron chi connectivity index (χ4n) is 4.51. The van der Waals surface area contributed by atoms with E-state index in [4.69, 9.17) is 9.15 Å². The molecule has 0 N–H and O–H groups in total. The number of benzene rings is 4. The Morgan fingerprint density at radius 1 is 0.743 bits per heavy atom. The molecule has 1 aromatic heterocycles. The summed E-state index contributed by atoms with van der Waals surface area (Å²) in [6.07, 6.45) is 0.676. The van der Waals surface area contributed by atoms with Crippen molar-refractivity contribution >= 4 is 34.1 Å². The monoisotopic (exact) mass is 545 g/mol. The van der Waals surface area contributed by atoms with Crippen LogP contribution in [-0.4, -0.2) is 11.6 Å². The van der Waals surface area contributed by atoms with E-state index in [-0.39, 0.29) is 23.1 Å². The van der Waals surface area contributed by atoms with E-state index in [1.807, 2.05) is 43.3 Å². The Labute approximate surface area is 215 Å². The van der Waals surface area contributed by atoms with Crippen molar-refractivity contribution in [3.63, 3.8) is 0 Å². The summed E-state index contributed by atoms with van der Waals surface area (Å²) in [5.74, 6) is 0. The van der Waals surface area contributed by atoms with Crippen LogP contribution in [0, 0.1) is 0 Å². The minimum atomic E-state index is -2.16. The van der Waals surface area contributed by atoms with Crippen LogP contribution in [0.2, 0.25) is 0 Å². The predicted molar refractivity (Wildman–Crippen MR) is 140 cm³/mol. The lowest BCUT2D eigenvalue weighted by Gasteiger charge is -2.28. The molecule has 0 aliphatic carbocycles. The highest BCUT2D eigenvalue weighted by atomic mass is 79.9. The van der Waals surface area contributed by atoms with E-state index >= 15 is 0 Å².